The number of hydrogen-bond acceptors (Lipinski definition) is 2. The van der Waals surface area contributed by atoms with Gasteiger partial charge < -0.3 is 5.73 Å². The molecule has 0 saturated carbocycles. The summed E-state index contributed by atoms with van der Waals surface area (Å²) in [4.78, 5) is 2.20. The van der Waals surface area contributed by atoms with Crippen LogP contribution in [0.25, 0.3) is 0 Å². The Morgan fingerprint density at radius 1 is 1.50 bits per heavy atom. The minimum atomic E-state index is -0.344. The van der Waals surface area contributed by atoms with Crippen LogP contribution in [0.5, 0.6) is 0 Å². The maximum absolute atomic E-state index is 13.2. The van der Waals surface area contributed by atoms with Gasteiger partial charge in [-0.2, -0.15) is 0 Å². The Labute approximate surface area is 96.6 Å². The Morgan fingerprint density at radius 3 is 2.69 bits per heavy atom. The molecule has 88 valence electrons. The van der Waals surface area contributed by atoms with Gasteiger partial charge in [0.1, 0.15) is 5.82 Å². The quantitative estimate of drug-likeness (QED) is 0.613. The van der Waals surface area contributed by atoms with Gasteiger partial charge in [-0.05, 0) is 31.2 Å². The highest BCUT2D eigenvalue weighted by atomic mass is 19.1. The molecule has 0 radical (unpaired) electrons. The predicted molar refractivity (Wildman–Crippen MR) is 66.6 cm³/mol. The fraction of sp³-hybridized carbons (Fsp3) is 0.385. The Kier molecular flexibility index (Phi) is 4.50. The smallest absolute Gasteiger partial charge is 0.146 e. The summed E-state index contributed by atoms with van der Waals surface area (Å²) in [6.45, 7) is 10.4. The summed E-state index contributed by atoms with van der Waals surface area (Å²) >= 11 is 0. The van der Waals surface area contributed by atoms with Crippen LogP contribution in [-0.4, -0.2) is 18.0 Å². The first kappa shape index (κ1) is 12.7. The van der Waals surface area contributed by atoms with Gasteiger partial charge in [-0.25, -0.2) is 4.39 Å². The third-order valence-electron chi connectivity index (χ3n) is 2.41. The van der Waals surface area contributed by atoms with E-state index in [0.717, 1.165) is 30.8 Å². The predicted octanol–water partition coefficient (Wildman–Crippen LogP) is 2.81. The van der Waals surface area contributed by atoms with Crippen molar-refractivity contribution in [1.82, 2.24) is 4.90 Å². The van der Waals surface area contributed by atoms with Gasteiger partial charge in [-0.3, -0.25) is 4.90 Å². The van der Waals surface area contributed by atoms with Crippen molar-refractivity contribution in [1.29, 1.82) is 0 Å². The van der Waals surface area contributed by atoms with E-state index in [1.807, 2.05) is 13.0 Å². The summed E-state index contributed by atoms with van der Waals surface area (Å²) < 4.78 is 13.2. The van der Waals surface area contributed by atoms with E-state index in [1.54, 1.807) is 6.07 Å². The Morgan fingerprint density at radius 2 is 2.19 bits per heavy atom. The van der Waals surface area contributed by atoms with Gasteiger partial charge in [0.2, 0.25) is 0 Å². The Balaban J connectivity index is 2.70. The lowest BCUT2D eigenvalue weighted by molar-refractivity contribution is 0.304. The minimum Gasteiger partial charge on any atom is -0.396 e. The van der Waals surface area contributed by atoms with Crippen LogP contribution >= 0.6 is 0 Å². The van der Waals surface area contributed by atoms with E-state index in [1.165, 1.54) is 6.07 Å². The lowest BCUT2D eigenvalue weighted by atomic mass is 10.1. The van der Waals surface area contributed by atoms with E-state index in [2.05, 4.69) is 18.4 Å². The lowest BCUT2D eigenvalue weighted by Gasteiger charge is -2.20. The maximum atomic E-state index is 13.2. The van der Waals surface area contributed by atoms with Crippen molar-refractivity contribution in [2.24, 2.45) is 0 Å². The van der Waals surface area contributed by atoms with Crippen LogP contribution in [-0.2, 0) is 6.54 Å². The number of halogens is 1. The molecular formula is C13H19FN2. The highest BCUT2D eigenvalue weighted by molar-refractivity contribution is 5.41. The second-order valence-electron chi connectivity index (χ2n) is 4.12. The van der Waals surface area contributed by atoms with Crippen molar-refractivity contribution in [2.45, 2.75) is 20.4 Å². The second kappa shape index (κ2) is 5.66. The van der Waals surface area contributed by atoms with Crippen molar-refractivity contribution < 1.29 is 4.39 Å². The third kappa shape index (κ3) is 3.66. The zero-order valence-electron chi connectivity index (χ0n) is 9.96. The van der Waals surface area contributed by atoms with Crippen molar-refractivity contribution in [2.75, 3.05) is 18.8 Å². The number of nitrogens with zero attached hydrogens (tertiary/aromatic N) is 1. The first-order valence-corrected chi connectivity index (χ1v) is 5.43. The zero-order valence-corrected chi connectivity index (χ0v) is 9.96. The summed E-state index contributed by atoms with van der Waals surface area (Å²) in [5, 5.41) is 0. The maximum Gasteiger partial charge on any atom is 0.146 e. The topological polar surface area (TPSA) is 29.3 Å². The van der Waals surface area contributed by atoms with Crippen LogP contribution in [0.2, 0.25) is 0 Å². The summed E-state index contributed by atoms with van der Waals surface area (Å²) in [7, 11) is 0. The van der Waals surface area contributed by atoms with Gasteiger partial charge in [0.05, 0.1) is 5.69 Å². The van der Waals surface area contributed by atoms with Gasteiger partial charge in [-0.15, -0.1) is 0 Å². The van der Waals surface area contributed by atoms with Gasteiger partial charge >= 0.3 is 0 Å². The molecule has 0 bridgehead atoms. The molecule has 16 heavy (non-hydrogen) atoms. The monoisotopic (exact) mass is 222 g/mol. The highest BCUT2D eigenvalue weighted by Crippen LogP contribution is 2.14. The molecule has 0 spiro atoms. The lowest BCUT2D eigenvalue weighted by Crippen LogP contribution is -2.24. The number of benzene rings is 1. The first-order valence-electron chi connectivity index (χ1n) is 5.43. The van der Waals surface area contributed by atoms with Gasteiger partial charge in [0.25, 0.3) is 0 Å². The number of anilines is 1. The van der Waals surface area contributed by atoms with Crippen LogP contribution in [0.3, 0.4) is 0 Å². The fourth-order valence-electron chi connectivity index (χ4n) is 1.59. The fourth-order valence-corrected chi connectivity index (χ4v) is 1.59. The molecule has 3 heteroatoms. The minimum absolute atomic E-state index is 0.201. The molecule has 0 unspecified atom stereocenters. The van der Waals surface area contributed by atoms with Gasteiger partial charge in [0, 0.05) is 13.1 Å². The van der Waals surface area contributed by atoms with Crippen molar-refractivity contribution in [3.8, 4) is 0 Å². The van der Waals surface area contributed by atoms with Crippen molar-refractivity contribution in [3.63, 3.8) is 0 Å². The number of nitrogens with two attached hydrogens (primary N) is 1. The molecule has 0 aliphatic rings. The summed E-state index contributed by atoms with van der Waals surface area (Å²) in [6, 6.07) is 4.97. The molecule has 0 saturated heterocycles. The standard InChI is InChI=1S/C13H19FN2/c1-4-16(8-10(2)3)9-11-5-6-13(15)12(14)7-11/h5-7H,2,4,8-9,15H2,1,3H3. The number of hydrogen-bond donors (Lipinski definition) is 1. The number of nitrogen functional groups attached to an aromatic ring is 1. The number of likely N-dealkylation sites (N-methyl/N-ethyl adjacent to an activating group) is 1. The largest absolute Gasteiger partial charge is 0.396 e. The molecule has 2 nitrogen and oxygen atoms in total. The van der Waals surface area contributed by atoms with Crippen LogP contribution in [0.4, 0.5) is 10.1 Å². The molecule has 0 aliphatic heterocycles. The van der Waals surface area contributed by atoms with Crippen molar-refractivity contribution >= 4 is 5.69 Å². The SMILES string of the molecule is C=C(C)CN(CC)Cc1ccc(N)c(F)c1. The average Bonchev–Trinajstić information content (AvgIpc) is 2.22. The molecular weight excluding hydrogens is 203 g/mol. The molecule has 2 N–H and O–H groups in total. The van der Waals surface area contributed by atoms with Gasteiger partial charge in [0.15, 0.2) is 0 Å². The molecule has 1 rings (SSSR count). The van der Waals surface area contributed by atoms with Crippen LogP contribution in [0.15, 0.2) is 30.4 Å². The molecule has 0 heterocycles. The molecule has 1 aromatic carbocycles. The van der Waals surface area contributed by atoms with E-state index in [4.69, 9.17) is 5.73 Å². The zero-order chi connectivity index (χ0) is 12.1. The Bertz CT molecular complexity index is 374. The molecule has 0 aliphatic carbocycles. The average molecular weight is 222 g/mol. The summed E-state index contributed by atoms with van der Waals surface area (Å²) in [5.74, 6) is -0.344. The highest BCUT2D eigenvalue weighted by Gasteiger charge is 2.05. The van der Waals surface area contributed by atoms with Crippen LogP contribution in [0.1, 0.15) is 19.4 Å². The van der Waals surface area contributed by atoms with E-state index in [-0.39, 0.29) is 11.5 Å². The molecule has 0 aromatic heterocycles. The van der Waals surface area contributed by atoms with E-state index in [0.29, 0.717) is 0 Å². The van der Waals surface area contributed by atoms with E-state index >= 15 is 0 Å². The molecule has 0 amide bonds. The normalized spacial score (nSPS) is 10.8. The molecule has 0 atom stereocenters. The summed E-state index contributed by atoms with van der Waals surface area (Å²) in [5.41, 5.74) is 7.68. The second-order valence-corrected chi connectivity index (χ2v) is 4.12. The summed E-state index contributed by atoms with van der Waals surface area (Å²) in [6.07, 6.45) is 0. The van der Waals surface area contributed by atoms with Crippen LogP contribution < -0.4 is 5.73 Å². The first-order chi connectivity index (χ1) is 7.52. The van der Waals surface area contributed by atoms with Gasteiger partial charge in [-0.1, -0.05) is 25.1 Å². The van der Waals surface area contributed by atoms with E-state index in [9.17, 15) is 4.39 Å². The van der Waals surface area contributed by atoms with E-state index < -0.39 is 0 Å². The van der Waals surface area contributed by atoms with Crippen molar-refractivity contribution in [3.05, 3.63) is 41.7 Å². The number of rotatable bonds is 5. The van der Waals surface area contributed by atoms with Crippen LogP contribution in [0, 0.1) is 5.82 Å². The third-order valence-corrected chi connectivity index (χ3v) is 2.41. The molecule has 1 aromatic rings. The molecule has 0 fully saturated rings. The Hall–Kier alpha value is -1.35.